The van der Waals surface area contributed by atoms with E-state index in [1.807, 2.05) is 30.3 Å². The Morgan fingerprint density at radius 1 is 1.26 bits per heavy atom. The average Bonchev–Trinajstić information content (AvgIpc) is 2.71. The van der Waals surface area contributed by atoms with Gasteiger partial charge in [-0.1, -0.05) is 30.3 Å². The third-order valence-electron chi connectivity index (χ3n) is 5.05. The summed E-state index contributed by atoms with van der Waals surface area (Å²) < 4.78 is 1.63. The monoisotopic (exact) mass is 363 g/mol. The molecule has 7 nitrogen and oxygen atoms in total. The van der Waals surface area contributed by atoms with Crippen molar-refractivity contribution in [3.8, 4) is 11.4 Å². The predicted octanol–water partition coefficient (Wildman–Crippen LogP) is 1.86. The first-order valence-electron chi connectivity index (χ1n) is 8.98. The van der Waals surface area contributed by atoms with Crippen LogP contribution in [-0.4, -0.2) is 30.7 Å². The predicted molar refractivity (Wildman–Crippen MR) is 101 cm³/mol. The molecule has 27 heavy (non-hydrogen) atoms. The number of nitrogens with one attached hydrogen (secondary N) is 1. The Balaban J connectivity index is 1.72. The van der Waals surface area contributed by atoms with Crippen LogP contribution in [0.15, 0.2) is 59.8 Å². The molecule has 0 spiro atoms. The highest BCUT2D eigenvalue weighted by atomic mass is 16.3. The summed E-state index contributed by atoms with van der Waals surface area (Å²) >= 11 is 0. The van der Waals surface area contributed by atoms with Gasteiger partial charge in [0.25, 0.3) is 5.56 Å². The number of rotatable bonds is 4. The first kappa shape index (κ1) is 17.5. The topological polar surface area (TPSA) is 92.9 Å². The van der Waals surface area contributed by atoms with Crippen molar-refractivity contribution in [2.24, 2.45) is 0 Å². The van der Waals surface area contributed by atoms with Gasteiger partial charge in [-0.25, -0.2) is 15.0 Å². The van der Waals surface area contributed by atoms with Crippen LogP contribution in [0.1, 0.15) is 36.8 Å². The van der Waals surface area contributed by atoms with Crippen molar-refractivity contribution < 1.29 is 5.11 Å². The second-order valence-electron chi connectivity index (χ2n) is 6.78. The average molecular weight is 363 g/mol. The second-order valence-corrected chi connectivity index (χ2v) is 6.78. The summed E-state index contributed by atoms with van der Waals surface area (Å²) in [5.41, 5.74) is 1.87. The first-order valence-corrected chi connectivity index (χ1v) is 8.98. The molecule has 3 aromatic rings. The van der Waals surface area contributed by atoms with E-state index in [-0.39, 0.29) is 17.5 Å². The summed E-state index contributed by atoms with van der Waals surface area (Å²) in [4.78, 5) is 25.5. The van der Waals surface area contributed by atoms with Crippen LogP contribution in [0, 0.1) is 0 Å². The molecular weight excluding hydrogens is 342 g/mol. The molecule has 1 aliphatic heterocycles. The lowest BCUT2D eigenvalue weighted by Gasteiger charge is -2.33. The van der Waals surface area contributed by atoms with Gasteiger partial charge >= 0.3 is 0 Å². The molecule has 0 radical (unpaired) electrons. The largest absolute Gasteiger partial charge is 0.388 e. The molecule has 2 N–H and O–H groups in total. The number of fused-ring (bicyclic) bond motifs is 1. The minimum atomic E-state index is -0.633. The molecule has 3 atom stereocenters. The lowest BCUT2D eigenvalue weighted by Crippen LogP contribution is -2.46. The number of aliphatic hydroxyl groups excluding tert-OH is 1. The van der Waals surface area contributed by atoms with Crippen molar-refractivity contribution in [2.45, 2.75) is 38.1 Å². The molecule has 3 heterocycles. The summed E-state index contributed by atoms with van der Waals surface area (Å²) in [6, 6.07) is 12.9. The summed E-state index contributed by atoms with van der Waals surface area (Å²) in [5, 5.41) is 14.0. The minimum Gasteiger partial charge on any atom is -0.388 e. The molecule has 0 fully saturated rings. The molecule has 0 saturated heterocycles. The lowest BCUT2D eigenvalue weighted by atomic mass is 9.89. The van der Waals surface area contributed by atoms with Gasteiger partial charge in [-0.15, -0.1) is 0 Å². The first-order chi connectivity index (χ1) is 13.1. The van der Waals surface area contributed by atoms with E-state index >= 15 is 0 Å². The summed E-state index contributed by atoms with van der Waals surface area (Å²) in [5.74, 6) is 0.570. The molecule has 0 bridgehead atoms. The van der Waals surface area contributed by atoms with Gasteiger partial charge in [0.1, 0.15) is 12.2 Å². The van der Waals surface area contributed by atoms with E-state index in [1.165, 1.54) is 12.4 Å². The Labute approximate surface area is 156 Å². The molecule has 0 saturated carbocycles. The van der Waals surface area contributed by atoms with Crippen LogP contribution >= 0.6 is 0 Å². The zero-order chi connectivity index (χ0) is 18.8. The summed E-state index contributed by atoms with van der Waals surface area (Å²) in [7, 11) is 0. The normalized spacial score (nSPS) is 20.1. The van der Waals surface area contributed by atoms with E-state index in [1.54, 1.807) is 16.8 Å². The number of nitrogens with zero attached hydrogens (tertiary/aromatic N) is 4. The zero-order valence-corrected chi connectivity index (χ0v) is 15.0. The third kappa shape index (κ3) is 3.51. The third-order valence-corrected chi connectivity index (χ3v) is 5.05. The van der Waals surface area contributed by atoms with Gasteiger partial charge in [-0.2, -0.15) is 0 Å². The number of hydrogen-bond donors (Lipinski definition) is 2. The number of aromatic nitrogens is 4. The van der Waals surface area contributed by atoms with Crippen molar-refractivity contribution in [3.05, 3.63) is 76.7 Å². The fourth-order valence-corrected chi connectivity index (χ4v) is 3.50. The Kier molecular flexibility index (Phi) is 4.79. The summed E-state index contributed by atoms with van der Waals surface area (Å²) in [6.45, 7) is 2.46. The number of benzene rings is 1. The van der Waals surface area contributed by atoms with Crippen LogP contribution in [0.25, 0.3) is 11.4 Å². The van der Waals surface area contributed by atoms with Crippen LogP contribution in [0.4, 0.5) is 0 Å². The van der Waals surface area contributed by atoms with Gasteiger partial charge in [-0.05, 0) is 25.0 Å². The number of hydrogen-bond acceptors (Lipinski definition) is 6. The van der Waals surface area contributed by atoms with E-state index in [9.17, 15) is 9.90 Å². The maximum Gasteiger partial charge on any atom is 0.255 e. The fourth-order valence-electron chi connectivity index (χ4n) is 3.50. The highest BCUT2D eigenvalue weighted by molar-refractivity contribution is 5.52. The second kappa shape index (κ2) is 7.38. The van der Waals surface area contributed by atoms with Gasteiger partial charge in [-0.3, -0.25) is 14.7 Å². The molecule has 0 aliphatic carbocycles. The van der Waals surface area contributed by atoms with Crippen molar-refractivity contribution >= 4 is 0 Å². The van der Waals surface area contributed by atoms with E-state index < -0.39 is 6.10 Å². The smallest absolute Gasteiger partial charge is 0.255 e. The van der Waals surface area contributed by atoms with Crippen molar-refractivity contribution in [3.63, 3.8) is 0 Å². The van der Waals surface area contributed by atoms with Crippen molar-refractivity contribution in [1.82, 2.24) is 24.8 Å². The van der Waals surface area contributed by atoms with Gasteiger partial charge in [0.2, 0.25) is 0 Å². The van der Waals surface area contributed by atoms with Gasteiger partial charge in [0.15, 0.2) is 0 Å². The molecule has 1 aliphatic rings. The Morgan fingerprint density at radius 2 is 2.07 bits per heavy atom. The maximum atomic E-state index is 12.6. The van der Waals surface area contributed by atoms with Crippen LogP contribution < -0.4 is 10.9 Å². The van der Waals surface area contributed by atoms with E-state index in [4.69, 9.17) is 4.98 Å². The molecule has 3 unspecified atom stereocenters. The molecule has 138 valence electrons. The van der Waals surface area contributed by atoms with Gasteiger partial charge in [0.05, 0.1) is 24.2 Å². The Morgan fingerprint density at radius 3 is 2.81 bits per heavy atom. The molecule has 2 aromatic heterocycles. The van der Waals surface area contributed by atoms with Crippen molar-refractivity contribution in [1.29, 1.82) is 0 Å². The SMILES string of the molecule is CC1NCn2c(nc(-c3ccncn3)cc2=O)C1CC(O)c1ccccc1. The Hall–Kier alpha value is -2.90. The molecule has 4 rings (SSSR count). The molecule has 1 aromatic carbocycles. The molecular formula is C20H21N5O2. The van der Waals surface area contributed by atoms with E-state index in [0.29, 0.717) is 30.3 Å². The Bertz CT molecular complexity index is 975. The molecule has 0 amide bonds. The van der Waals surface area contributed by atoms with E-state index in [0.717, 1.165) is 5.56 Å². The van der Waals surface area contributed by atoms with Gasteiger partial charge in [0, 0.05) is 24.2 Å². The lowest BCUT2D eigenvalue weighted by molar-refractivity contribution is 0.141. The molecule has 7 heteroatoms. The highest BCUT2D eigenvalue weighted by Gasteiger charge is 2.31. The quantitative estimate of drug-likeness (QED) is 0.735. The summed E-state index contributed by atoms with van der Waals surface area (Å²) in [6.07, 6.45) is 2.90. The van der Waals surface area contributed by atoms with Crippen LogP contribution in [0.3, 0.4) is 0 Å². The van der Waals surface area contributed by atoms with E-state index in [2.05, 4.69) is 22.2 Å². The van der Waals surface area contributed by atoms with Gasteiger partial charge < -0.3 is 5.11 Å². The zero-order valence-electron chi connectivity index (χ0n) is 15.0. The number of aliphatic hydroxyl groups is 1. The standard InChI is InChI=1S/C20H21N5O2/c1-13-15(9-18(26)14-5-3-2-4-6-14)20-24-17(16-7-8-21-11-22-16)10-19(27)25(20)12-23-13/h2-8,10-11,13,15,18,23,26H,9,12H2,1H3. The van der Waals surface area contributed by atoms with Crippen LogP contribution in [0.2, 0.25) is 0 Å². The van der Waals surface area contributed by atoms with Crippen molar-refractivity contribution in [2.75, 3.05) is 0 Å². The maximum absolute atomic E-state index is 12.6. The highest BCUT2D eigenvalue weighted by Crippen LogP contribution is 2.32. The minimum absolute atomic E-state index is 0.0795. The van der Waals surface area contributed by atoms with Crippen LogP contribution in [0.5, 0.6) is 0 Å². The van der Waals surface area contributed by atoms with Crippen LogP contribution in [-0.2, 0) is 6.67 Å². The fraction of sp³-hybridized carbons (Fsp3) is 0.300.